The number of benzene rings is 2. The van der Waals surface area contributed by atoms with E-state index in [0.29, 0.717) is 5.69 Å². The van der Waals surface area contributed by atoms with E-state index in [9.17, 15) is 18.0 Å². The summed E-state index contributed by atoms with van der Waals surface area (Å²) in [4.78, 5) is 25.8. The quantitative estimate of drug-likeness (QED) is 0.666. The van der Waals surface area contributed by atoms with Crippen molar-refractivity contribution in [3.05, 3.63) is 58.6 Å². The van der Waals surface area contributed by atoms with Crippen LogP contribution < -0.4 is 10.1 Å². The van der Waals surface area contributed by atoms with Gasteiger partial charge in [0.1, 0.15) is 10.6 Å². The maximum Gasteiger partial charge on any atom is 0.265 e. The lowest BCUT2D eigenvalue weighted by Gasteiger charge is -2.34. The van der Waals surface area contributed by atoms with E-state index in [-0.39, 0.29) is 53.7 Å². The molecule has 0 radical (unpaired) electrons. The van der Waals surface area contributed by atoms with Crippen molar-refractivity contribution in [2.45, 2.75) is 24.8 Å². The Morgan fingerprint density at radius 3 is 2.48 bits per heavy atom. The van der Waals surface area contributed by atoms with Gasteiger partial charge in [0.15, 0.2) is 6.10 Å². The minimum Gasteiger partial charge on any atom is -0.479 e. The van der Waals surface area contributed by atoms with Crippen LogP contribution in [0.25, 0.3) is 6.08 Å². The molecule has 0 bridgehead atoms. The van der Waals surface area contributed by atoms with Crippen LogP contribution >= 0.6 is 11.6 Å². The van der Waals surface area contributed by atoms with Gasteiger partial charge in [-0.05, 0) is 31.6 Å². The van der Waals surface area contributed by atoms with Gasteiger partial charge in [-0.3, -0.25) is 9.59 Å². The highest BCUT2D eigenvalue weighted by molar-refractivity contribution is 7.89. The Bertz CT molecular complexity index is 1220. The summed E-state index contributed by atoms with van der Waals surface area (Å²) in [6.07, 6.45) is 2.51. The second-order valence-corrected chi connectivity index (χ2v) is 10.3. The molecule has 8 nitrogen and oxygen atoms in total. The predicted molar refractivity (Wildman–Crippen MR) is 126 cm³/mol. The number of halogens is 1. The Morgan fingerprint density at radius 2 is 1.82 bits per heavy atom. The monoisotopic (exact) mass is 489 g/mol. The number of anilines is 1. The molecule has 2 aromatic carbocycles. The van der Waals surface area contributed by atoms with E-state index >= 15 is 0 Å². The first kappa shape index (κ1) is 23.3. The second kappa shape index (κ2) is 9.17. The van der Waals surface area contributed by atoms with E-state index in [0.717, 1.165) is 11.1 Å². The molecule has 0 spiro atoms. The first-order chi connectivity index (χ1) is 15.6. The smallest absolute Gasteiger partial charge is 0.265 e. The molecule has 4 rings (SSSR count). The summed E-state index contributed by atoms with van der Waals surface area (Å²) in [6.45, 7) is 4.39. The number of amides is 2. The number of piperazine rings is 1. The number of nitrogens with zero attached hydrogens (tertiary/aromatic N) is 2. The molecule has 174 valence electrons. The summed E-state index contributed by atoms with van der Waals surface area (Å²) < 4.78 is 33.3. The van der Waals surface area contributed by atoms with Gasteiger partial charge in [-0.1, -0.05) is 41.4 Å². The predicted octanol–water partition coefficient (Wildman–Crippen LogP) is 2.91. The number of carbonyl (C=O) groups excluding carboxylic acids is 2. The molecule has 10 heteroatoms. The minimum atomic E-state index is -3.91. The van der Waals surface area contributed by atoms with Gasteiger partial charge >= 0.3 is 0 Å². The molecule has 2 aliphatic rings. The summed E-state index contributed by atoms with van der Waals surface area (Å²) in [5.41, 5.74) is 2.39. The zero-order valence-electron chi connectivity index (χ0n) is 18.2. The summed E-state index contributed by atoms with van der Waals surface area (Å²) >= 11 is 6.25. The molecular formula is C23H24ClN3O5S. The molecule has 2 aromatic rings. The number of rotatable bonds is 4. The van der Waals surface area contributed by atoms with E-state index in [2.05, 4.69) is 5.32 Å². The SMILES string of the molecule is Cc1ccc(/C=C/C(=O)N2CCN(S(=O)(=O)c3cc4c(cc3Cl)NC(=O)C(C)O4)CC2)cc1. The fraction of sp³-hybridized carbons (Fsp3) is 0.304. The summed E-state index contributed by atoms with van der Waals surface area (Å²) in [5.74, 6) is -0.246. The van der Waals surface area contributed by atoms with Crippen molar-refractivity contribution in [1.82, 2.24) is 9.21 Å². The summed E-state index contributed by atoms with van der Waals surface area (Å²) in [5, 5.41) is 2.64. The van der Waals surface area contributed by atoms with Crippen LogP contribution in [0.2, 0.25) is 5.02 Å². The van der Waals surface area contributed by atoms with Crippen molar-refractivity contribution in [3.63, 3.8) is 0 Å². The molecule has 0 saturated carbocycles. The number of ether oxygens (including phenoxy) is 1. The highest BCUT2D eigenvalue weighted by Gasteiger charge is 2.33. The van der Waals surface area contributed by atoms with Crippen molar-refractivity contribution in [1.29, 1.82) is 0 Å². The van der Waals surface area contributed by atoms with Gasteiger partial charge in [0.25, 0.3) is 5.91 Å². The maximum atomic E-state index is 13.2. The van der Waals surface area contributed by atoms with Crippen molar-refractivity contribution in [2.75, 3.05) is 31.5 Å². The van der Waals surface area contributed by atoms with E-state index in [1.807, 2.05) is 31.2 Å². The largest absolute Gasteiger partial charge is 0.479 e. The Kier molecular flexibility index (Phi) is 6.47. The number of sulfonamides is 1. The second-order valence-electron chi connectivity index (χ2n) is 8.00. The maximum absolute atomic E-state index is 13.2. The zero-order chi connectivity index (χ0) is 23.8. The molecule has 33 heavy (non-hydrogen) atoms. The minimum absolute atomic E-state index is 0.00765. The highest BCUT2D eigenvalue weighted by atomic mass is 35.5. The van der Waals surface area contributed by atoms with Crippen molar-refractivity contribution >= 4 is 45.2 Å². The number of carbonyl (C=O) groups is 2. The zero-order valence-corrected chi connectivity index (χ0v) is 19.8. The Morgan fingerprint density at radius 1 is 1.15 bits per heavy atom. The fourth-order valence-electron chi connectivity index (χ4n) is 3.64. The molecule has 1 N–H and O–H groups in total. The van der Waals surface area contributed by atoms with Gasteiger partial charge in [-0.25, -0.2) is 8.42 Å². The van der Waals surface area contributed by atoms with E-state index in [1.165, 1.54) is 22.5 Å². The Labute approximate surface area is 197 Å². The van der Waals surface area contributed by atoms with Crippen LogP contribution in [-0.4, -0.2) is 61.7 Å². The van der Waals surface area contributed by atoms with Crippen LogP contribution in [0.4, 0.5) is 5.69 Å². The summed E-state index contributed by atoms with van der Waals surface area (Å²) in [6, 6.07) is 10.5. The van der Waals surface area contributed by atoms with Crippen LogP contribution in [0.3, 0.4) is 0 Å². The highest BCUT2D eigenvalue weighted by Crippen LogP contribution is 2.38. The topological polar surface area (TPSA) is 96.0 Å². The number of hydrogen-bond donors (Lipinski definition) is 1. The molecule has 1 atom stereocenters. The van der Waals surface area contributed by atoms with Gasteiger partial charge in [0, 0.05) is 38.3 Å². The third-order valence-corrected chi connectivity index (χ3v) is 7.99. The molecule has 0 aromatic heterocycles. The third kappa shape index (κ3) is 4.90. The standard InChI is InChI=1S/C23H24ClN3O5S/c1-15-3-5-17(6-4-15)7-8-22(28)26-9-11-27(12-10-26)33(30,31)21-14-20-19(13-18(21)24)25-23(29)16(2)32-20/h3-8,13-14,16H,9-12H2,1-2H3,(H,25,29)/b8-7+. The fourth-order valence-corrected chi connectivity index (χ4v) is 5.58. The normalized spacial score (nSPS) is 19.2. The van der Waals surface area contributed by atoms with E-state index < -0.39 is 16.1 Å². The van der Waals surface area contributed by atoms with Gasteiger partial charge in [-0.2, -0.15) is 4.31 Å². The molecule has 1 saturated heterocycles. The first-order valence-electron chi connectivity index (χ1n) is 10.5. The molecule has 0 aliphatic carbocycles. The molecule has 2 amide bonds. The average Bonchev–Trinajstić information content (AvgIpc) is 2.79. The molecule has 1 unspecified atom stereocenters. The van der Waals surface area contributed by atoms with Crippen molar-refractivity contribution < 1.29 is 22.7 Å². The number of fused-ring (bicyclic) bond motifs is 1. The number of hydrogen-bond acceptors (Lipinski definition) is 5. The first-order valence-corrected chi connectivity index (χ1v) is 12.3. The lowest BCUT2D eigenvalue weighted by Crippen LogP contribution is -2.50. The van der Waals surface area contributed by atoms with Gasteiger partial charge in [0.05, 0.1) is 10.7 Å². The van der Waals surface area contributed by atoms with Crippen LogP contribution in [0.1, 0.15) is 18.1 Å². The molecule has 1 fully saturated rings. The Balaban J connectivity index is 1.44. The summed E-state index contributed by atoms with van der Waals surface area (Å²) in [7, 11) is -3.91. The van der Waals surface area contributed by atoms with Crippen LogP contribution in [0, 0.1) is 6.92 Å². The van der Waals surface area contributed by atoms with Crippen LogP contribution in [-0.2, 0) is 19.6 Å². The van der Waals surface area contributed by atoms with E-state index in [1.54, 1.807) is 17.9 Å². The van der Waals surface area contributed by atoms with Gasteiger partial charge < -0.3 is 15.0 Å². The Hall–Kier alpha value is -2.88. The van der Waals surface area contributed by atoms with Crippen LogP contribution in [0.15, 0.2) is 47.4 Å². The third-order valence-electron chi connectivity index (χ3n) is 5.63. The number of aryl methyl sites for hydroxylation is 1. The number of nitrogens with one attached hydrogen (secondary N) is 1. The van der Waals surface area contributed by atoms with Gasteiger partial charge in [0.2, 0.25) is 15.9 Å². The molecule has 2 heterocycles. The lowest BCUT2D eigenvalue weighted by molar-refractivity contribution is -0.127. The molecule has 2 aliphatic heterocycles. The van der Waals surface area contributed by atoms with Gasteiger partial charge in [-0.15, -0.1) is 0 Å². The van der Waals surface area contributed by atoms with Crippen LogP contribution in [0.5, 0.6) is 5.75 Å². The lowest BCUT2D eigenvalue weighted by atomic mass is 10.1. The van der Waals surface area contributed by atoms with Crippen molar-refractivity contribution in [2.24, 2.45) is 0 Å². The molecular weight excluding hydrogens is 466 g/mol. The average molecular weight is 490 g/mol. The van der Waals surface area contributed by atoms with E-state index in [4.69, 9.17) is 16.3 Å². The van der Waals surface area contributed by atoms with Crippen molar-refractivity contribution in [3.8, 4) is 5.75 Å².